The number of hydrogen-bond donors (Lipinski definition) is 1. The highest BCUT2D eigenvalue weighted by atomic mass is 16.5. The van der Waals surface area contributed by atoms with Crippen molar-refractivity contribution in [3.63, 3.8) is 0 Å². The summed E-state index contributed by atoms with van der Waals surface area (Å²) in [5, 5.41) is 13.2. The molecule has 1 N–H and O–H groups in total. The molecule has 0 bridgehead atoms. The zero-order chi connectivity index (χ0) is 22.7. The van der Waals surface area contributed by atoms with Crippen LogP contribution in [0.4, 0.5) is 0 Å². The molecule has 4 rings (SSSR count). The third kappa shape index (κ3) is 3.86. The van der Waals surface area contributed by atoms with Crippen molar-refractivity contribution in [2.45, 2.75) is 32.7 Å². The van der Waals surface area contributed by atoms with E-state index in [4.69, 9.17) is 4.74 Å². The van der Waals surface area contributed by atoms with E-state index in [-0.39, 0.29) is 11.3 Å². The van der Waals surface area contributed by atoms with Crippen molar-refractivity contribution in [1.82, 2.24) is 4.90 Å². The lowest BCUT2D eigenvalue weighted by Gasteiger charge is -2.26. The number of ketones is 1. The maximum absolute atomic E-state index is 13.1. The number of ether oxygens (including phenoxy) is 1. The van der Waals surface area contributed by atoms with Crippen LogP contribution in [0.15, 0.2) is 72.3 Å². The van der Waals surface area contributed by atoms with Crippen LogP contribution in [0.3, 0.4) is 0 Å². The molecule has 1 fully saturated rings. The molecule has 1 heterocycles. The number of aliphatic hydroxyl groups excluding tert-OH is 1. The van der Waals surface area contributed by atoms with E-state index in [0.717, 1.165) is 22.8 Å². The van der Waals surface area contributed by atoms with Gasteiger partial charge in [-0.1, -0.05) is 56.3 Å². The molecular weight excluding hydrogens is 402 g/mol. The summed E-state index contributed by atoms with van der Waals surface area (Å²) in [5.74, 6) is -0.697. The molecule has 5 heteroatoms. The van der Waals surface area contributed by atoms with Gasteiger partial charge in [-0.25, -0.2) is 0 Å². The Bertz CT molecular complexity index is 1170. The Balaban J connectivity index is 1.86. The van der Waals surface area contributed by atoms with E-state index in [1.807, 2.05) is 56.3 Å². The number of Topliss-reactive ketones (excluding diaryl/α,β-unsaturated/α-hetero) is 1. The SMILES string of the molecule is CCCOc1ccc(/C(O)=C2/C(=O)C(=O)N(CCC)C2c2cccc3ccccc23)cc1. The number of nitrogens with zero attached hydrogens (tertiary/aromatic N) is 1. The molecule has 1 aliphatic rings. The lowest BCUT2D eigenvalue weighted by atomic mass is 9.91. The van der Waals surface area contributed by atoms with Gasteiger partial charge in [-0.2, -0.15) is 0 Å². The molecule has 0 spiro atoms. The van der Waals surface area contributed by atoms with E-state index >= 15 is 0 Å². The van der Waals surface area contributed by atoms with Gasteiger partial charge in [-0.05, 0) is 53.4 Å². The highest BCUT2D eigenvalue weighted by Gasteiger charge is 2.46. The first-order chi connectivity index (χ1) is 15.6. The summed E-state index contributed by atoms with van der Waals surface area (Å²) >= 11 is 0. The number of amides is 1. The highest BCUT2D eigenvalue weighted by Crippen LogP contribution is 2.42. The van der Waals surface area contributed by atoms with Crippen LogP contribution in [-0.4, -0.2) is 34.8 Å². The maximum atomic E-state index is 13.1. The molecule has 0 aromatic heterocycles. The molecule has 1 atom stereocenters. The molecule has 5 nitrogen and oxygen atoms in total. The van der Waals surface area contributed by atoms with Gasteiger partial charge < -0.3 is 14.7 Å². The van der Waals surface area contributed by atoms with E-state index in [2.05, 4.69) is 0 Å². The minimum absolute atomic E-state index is 0.127. The summed E-state index contributed by atoms with van der Waals surface area (Å²) in [6.45, 7) is 5.03. The molecule has 3 aromatic rings. The third-order valence-corrected chi connectivity index (χ3v) is 5.72. The lowest BCUT2D eigenvalue weighted by Crippen LogP contribution is -2.30. The van der Waals surface area contributed by atoms with E-state index < -0.39 is 17.7 Å². The number of aliphatic hydroxyl groups is 1. The predicted octanol–water partition coefficient (Wildman–Crippen LogP) is 5.46. The van der Waals surface area contributed by atoms with Crippen molar-refractivity contribution in [2.75, 3.05) is 13.2 Å². The van der Waals surface area contributed by atoms with Gasteiger partial charge in [0.05, 0.1) is 18.2 Å². The van der Waals surface area contributed by atoms with Crippen LogP contribution in [0.2, 0.25) is 0 Å². The monoisotopic (exact) mass is 429 g/mol. The Morgan fingerprint density at radius 3 is 2.38 bits per heavy atom. The number of rotatable bonds is 7. The first-order valence-electron chi connectivity index (χ1n) is 11.1. The quantitative estimate of drug-likeness (QED) is 0.308. The normalized spacial score (nSPS) is 17.8. The second kappa shape index (κ2) is 9.27. The van der Waals surface area contributed by atoms with Gasteiger partial charge in [0.2, 0.25) is 0 Å². The van der Waals surface area contributed by atoms with Gasteiger partial charge in [-0.15, -0.1) is 0 Å². The lowest BCUT2D eigenvalue weighted by molar-refractivity contribution is -0.139. The Kier molecular flexibility index (Phi) is 6.26. The van der Waals surface area contributed by atoms with Crippen LogP contribution >= 0.6 is 0 Å². The Hall–Kier alpha value is -3.60. The Labute approximate surface area is 187 Å². The van der Waals surface area contributed by atoms with Crippen LogP contribution < -0.4 is 4.74 Å². The molecule has 1 unspecified atom stereocenters. The summed E-state index contributed by atoms with van der Waals surface area (Å²) in [7, 11) is 0. The van der Waals surface area contributed by atoms with Crippen molar-refractivity contribution >= 4 is 28.2 Å². The van der Waals surface area contributed by atoms with Crippen LogP contribution in [0, 0.1) is 0 Å². The minimum atomic E-state index is -0.653. The molecule has 164 valence electrons. The van der Waals surface area contributed by atoms with E-state index in [1.54, 1.807) is 29.2 Å². The van der Waals surface area contributed by atoms with Gasteiger partial charge in [0.25, 0.3) is 11.7 Å². The molecule has 0 radical (unpaired) electrons. The largest absolute Gasteiger partial charge is 0.507 e. The molecular formula is C27H27NO4. The number of likely N-dealkylation sites (tertiary alicyclic amines) is 1. The Morgan fingerprint density at radius 1 is 0.938 bits per heavy atom. The molecule has 1 amide bonds. The van der Waals surface area contributed by atoms with Crippen molar-refractivity contribution in [3.05, 3.63) is 83.4 Å². The van der Waals surface area contributed by atoms with Gasteiger partial charge >= 0.3 is 0 Å². The first kappa shape index (κ1) is 21.6. The van der Waals surface area contributed by atoms with Gasteiger partial charge in [0, 0.05) is 12.1 Å². The fraction of sp³-hybridized carbons (Fsp3) is 0.259. The fourth-order valence-corrected chi connectivity index (χ4v) is 4.25. The highest BCUT2D eigenvalue weighted by molar-refractivity contribution is 6.46. The first-order valence-corrected chi connectivity index (χ1v) is 11.1. The van der Waals surface area contributed by atoms with Crippen LogP contribution in [-0.2, 0) is 9.59 Å². The minimum Gasteiger partial charge on any atom is -0.507 e. The van der Waals surface area contributed by atoms with Gasteiger partial charge in [-0.3, -0.25) is 9.59 Å². The molecule has 0 saturated carbocycles. The van der Waals surface area contributed by atoms with E-state index in [0.29, 0.717) is 30.9 Å². The van der Waals surface area contributed by atoms with E-state index in [9.17, 15) is 14.7 Å². The second-order valence-electron chi connectivity index (χ2n) is 7.93. The summed E-state index contributed by atoms with van der Waals surface area (Å²) in [4.78, 5) is 27.6. The van der Waals surface area contributed by atoms with Gasteiger partial charge in [0.15, 0.2) is 0 Å². The predicted molar refractivity (Wildman–Crippen MR) is 125 cm³/mol. The average molecular weight is 430 g/mol. The molecule has 3 aromatic carbocycles. The van der Waals surface area contributed by atoms with Crippen LogP contribution in [0.1, 0.15) is 43.9 Å². The fourth-order valence-electron chi connectivity index (χ4n) is 4.25. The molecule has 32 heavy (non-hydrogen) atoms. The van der Waals surface area contributed by atoms with Crippen LogP contribution in [0.5, 0.6) is 5.75 Å². The zero-order valence-electron chi connectivity index (χ0n) is 18.4. The van der Waals surface area contributed by atoms with Crippen molar-refractivity contribution in [3.8, 4) is 5.75 Å². The topological polar surface area (TPSA) is 66.8 Å². The number of benzene rings is 3. The summed E-state index contributed by atoms with van der Waals surface area (Å²) in [6.07, 6.45) is 1.60. The summed E-state index contributed by atoms with van der Waals surface area (Å²) in [5.41, 5.74) is 1.44. The molecule has 1 saturated heterocycles. The summed E-state index contributed by atoms with van der Waals surface area (Å²) in [6, 6.07) is 20.0. The van der Waals surface area contributed by atoms with Crippen molar-refractivity contribution < 1.29 is 19.4 Å². The molecule has 1 aliphatic heterocycles. The zero-order valence-corrected chi connectivity index (χ0v) is 18.4. The summed E-state index contributed by atoms with van der Waals surface area (Å²) < 4.78 is 5.61. The van der Waals surface area contributed by atoms with Crippen molar-refractivity contribution in [2.24, 2.45) is 0 Å². The molecule has 0 aliphatic carbocycles. The third-order valence-electron chi connectivity index (χ3n) is 5.72. The maximum Gasteiger partial charge on any atom is 0.295 e. The van der Waals surface area contributed by atoms with Gasteiger partial charge in [0.1, 0.15) is 11.5 Å². The van der Waals surface area contributed by atoms with Crippen molar-refractivity contribution in [1.29, 1.82) is 0 Å². The smallest absolute Gasteiger partial charge is 0.295 e. The number of hydrogen-bond acceptors (Lipinski definition) is 4. The number of carbonyl (C=O) groups is 2. The second-order valence-corrected chi connectivity index (χ2v) is 7.93. The van der Waals surface area contributed by atoms with E-state index in [1.165, 1.54) is 0 Å². The number of fused-ring (bicyclic) bond motifs is 1. The number of carbonyl (C=O) groups excluding carboxylic acids is 2. The average Bonchev–Trinajstić information content (AvgIpc) is 3.07. The van der Waals surface area contributed by atoms with Crippen LogP contribution in [0.25, 0.3) is 16.5 Å². The standard InChI is InChI=1S/C27H27NO4/c1-3-16-28-24(22-11-7-9-18-8-5-6-10-21(18)22)23(26(30)27(28)31)25(29)19-12-14-20(15-13-19)32-17-4-2/h5-15,24,29H,3-4,16-17H2,1-2H3/b25-23-. The Morgan fingerprint density at radius 2 is 1.66 bits per heavy atom.